The molecule has 0 fully saturated rings. The van der Waals surface area contributed by atoms with Gasteiger partial charge in [0.15, 0.2) is 5.82 Å². The van der Waals surface area contributed by atoms with E-state index in [1.54, 1.807) is 43.3 Å². The fourth-order valence-corrected chi connectivity index (χ4v) is 3.36. The first-order chi connectivity index (χ1) is 12.3. The van der Waals surface area contributed by atoms with E-state index >= 15 is 0 Å². The second kappa shape index (κ2) is 7.17. The molecule has 3 aromatic rings. The van der Waals surface area contributed by atoms with Gasteiger partial charge in [-0.05, 0) is 63.2 Å². The summed E-state index contributed by atoms with van der Waals surface area (Å²) in [5.41, 5.74) is 1.03. The molecule has 2 aromatic carbocycles. The molecule has 3 rings (SSSR count). The highest BCUT2D eigenvalue weighted by atomic mass is 32.2. The van der Waals surface area contributed by atoms with Crippen molar-refractivity contribution in [2.24, 2.45) is 0 Å². The van der Waals surface area contributed by atoms with E-state index in [9.17, 15) is 8.42 Å². The van der Waals surface area contributed by atoms with Gasteiger partial charge in [-0.3, -0.25) is 4.72 Å². The number of aryl methyl sites for hydroxylation is 1. The third-order valence-corrected chi connectivity index (χ3v) is 4.79. The lowest BCUT2D eigenvalue weighted by molar-refractivity contribution is 0.242. The summed E-state index contributed by atoms with van der Waals surface area (Å²) in [6, 6.07) is 13.0. The highest BCUT2D eigenvalue weighted by Crippen LogP contribution is 2.24. The van der Waals surface area contributed by atoms with Gasteiger partial charge in [0.25, 0.3) is 15.9 Å². The third kappa shape index (κ3) is 4.20. The number of hydrogen-bond acceptors (Lipinski definition) is 6. The molecular weight excluding hydrogens is 354 g/mol. The van der Waals surface area contributed by atoms with Crippen LogP contribution in [0.3, 0.4) is 0 Å². The number of anilines is 1. The van der Waals surface area contributed by atoms with E-state index in [0.29, 0.717) is 28.7 Å². The number of rotatable bonds is 6. The minimum Gasteiger partial charge on any atom is -0.491 e. The zero-order valence-corrected chi connectivity index (χ0v) is 15.4. The molecule has 0 aliphatic rings. The van der Waals surface area contributed by atoms with E-state index in [1.165, 1.54) is 12.1 Å². The van der Waals surface area contributed by atoms with E-state index < -0.39 is 10.0 Å². The Kier molecular flexibility index (Phi) is 4.94. The maximum atomic E-state index is 12.6. The zero-order valence-electron chi connectivity index (χ0n) is 14.6. The number of ether oxygens (including phenoxy) is 1. The number of hydrogen-bond donors (Lipinski definition) is 1. The van der Waals surface area contributed by atoms with Gasteiger partial charge in [-0.2, -0.15) is 4.98 Å². The van der Waals surface area contributed by atoms with Crippen LogP contribution in [0.15, 0.2) is 57.9 Å². The fraction of sp³-hybridized carbons (Fsp3) is 0.222. The average molecular weight is 373 g/mol. The summed E-state index contributed by atoms with van der Waals surface area (Å²) in [6.07, 6.45) is 0.0201. The van der Waals surface area contributed by atoms with Crippen molar-refractivity contribution in [3.05, 3.63) is 54.4 Å². The summed E-state index contributed by atoms with van der Waals surface area (Å²) in [6.45, 7) is 5.53. The van der Waals surface area contributed by atoms with Crippen LogP contribution in [0.4, 0.5) is 5.69 Å². The molecule has 0 saturated carbocycles. The molecule has 1 N–H and O–H groups in total. The van der Waals surface area contributed by atoms with Crippen LogP contribution in [-0.2, 0) is 10.0 Å². The lowest BCUT2D eigenvalue weighted by Gasteiger charge is -2.11. The van der Waals surface area contributed by atoms with Gasteiger partial charge in [0.05, 0.1) is 11.0 Å². The zero-order chi connectivity index (χ0) is 18.7. The Labute approximate surface area is 152 Å². The van der Waals surface area contributed by atoms with Gasteiger partial charge in [0.2, 0.25) is 0 Å². The Morgan fingerprint density at radius 2 is 1.85 bits per heavy atom. The predicted octanol–water partition coefficient (Wildman–Crippen LogP) is 3.63. The SMILES string of the molecule is Cc1noc(-c2cccc(NS(=O)(=O)c3ccc(OC(C)C)cc3)c2)n1. The first kappa shape index (κ1) is 17.9. The summed E-state index contributed by atoms with van der Waals surface area (Å²) in [7, 11) is -3.72. The summed E-state index contributed by atoms with van der Waals surface area (Å²) in [5, 5.41) is 3.74. The van der Waals surface area contributed by atoms with Crippen LogP contribution in [0.5, 0.6) is 5.75 Å². The van der Waals surface area contributed by atoms with Gasteiger partial charge in [0, 0.05) is 11.3 Å². The minimum absolute atomic E-state index is 0.0201. The van der Waals surface area contributed by atoms with Gasteiger partial charge in [0.1, 0.15) is 5.75 Å². The second-order valence-corrected chi connectivity index (χ2v) is 7.65. The fourth-order valence-electron chi connectivity index (χ4n) is 2.31. The Balaban J connectivity index is 1.81. The van der Waals surface area contributed by atoms with Gasteiger partial charge in [-0.15, -0.1) is 0 Å². The van der Waals surface area contributed by atoms with E-state index in [4.69, 9.17) is 9.26 Å². The Hall–Kier alpha value is -2.87. The number of sulfonamides is 1. The van der Waals surface area contributed by atoms with Gasteiger partial charge in [-0.25, -0.2) is 8.42 Å². The molecule has 7 nitrogen and oxygen atoms in total. The molecule has 1 aromatic heterocycles. The molecule has 0 atom stereocenters. The van der Waals surface area contributed by atoms with E-state index in [1.807, 2.05) is 13.8 Å². The summed E-state index contributed by atoms with van der Waals surface area (Å²) in [4.78, 5) is 4.29. The van der Waals surface area contributed by atoms with Gasteiger partial charge >= 0.3 is 0 Å². The number of aromatic nitrogens is 2. The molecule has 136 valence electrons. The first-order valence-electron chi connectivity index (χ1n) is 8.04. The van der Waals surface area contributed by atoms with Crippen LogP contribution in [0.1, 0.15) is 19.7 Å². The van der Waals surface area contributed by atoms with Crippen molar-refractivity contribution in [1.29, 1.82) is 0 Å². The number of benzene rings is 2. The van der Waals surface area contributed by atoms with Crippen molar-refractivity contribution in [2.75, 3.05) is 4.72 Å². The number of nitrogens with one attached hydrogen (secondary N) is 1. The van der Waals surface area contributed by atoms with Crippen LogP contribution >= 0.6 is 0 Å². The number of nitrogens with zero attached hydrogens (tertiary/aromatic N) is 2. The first-order valence-corrected chi connectivity index (χ1v) is 9.52. The predicted molar refractivity (Wildman–Crippen MR) is 97.5 cm³/mol. The maximum Gasteiger partial charge on any atom is 0.261 e. The molecule has 0 amide bonds. The van der Waals surface area contributed by atoms with E-state index in [0.717, 1.165) is 0 Å². The smallest absolute Gasteiger partial charge is 0.261 e. The molecule has 8 heteroatoms. The standard InChI is InChI=1S/C18H19N3O4S/c1-12(2)24-16-7-9-17(10-8-16)26(22,23)21-15-6-4-5-14(11-15)18-19-13(3)20-25-18/h4-12,21H,1-3H3. The van der Waals surface area contributed by atoms with Crippen LogP contribution < -0.4 is 9.46 Å². The topological polar surface area (TPSA) is 94.3 Å². The summed E-state index contributed by atoms with van der Waals surface area (Å²) in [5.74, 6) is 1.46. The Morgan fingerprint density at radius 3 is 2.46 bits per heavy atom. The van der Waals surface area contributed by atoms with Crippen molar-refractivity contribution in [2.45, 2.75) is 31.8 Å². The highest BCUT2D eigenvalue weighted by molar-refractivity contribution is 7.92. The molecule has 1 heterocycles. The third-order valence-electron chi connectivity index (χ3n) is 3.40. The Bertz CT molecular complexity index is 995. The largest absolute Gasteiger partial charge is 0.491 e. The lowest BCUT2D eigenvalue weighted by Crippen LogP contribution is -2.13. The molecule has 0 saturated heterocycles. The van der Waals surface area contributed by atoms with E-state index in [2.05, 4.69) is 14.9 Å². The molecule has 0 bridgehead atoms. The van der Waals surface area contributed by atoms with Gasteiger partial charge < -0.3 is 9.26 Å². The van der Waals surface area contributed by atoms with Crippen LogP contribution in [0.2, 0.25) is 0 Å². The molecule has 0 spiro atoms. The van der Waals surface area contributed by atoms with Gasteiger partial charge in [-0.1, -0.05) is 11.2 Å². The molecule has 26 heavy (non-hydrogen) atoms. The minimum atomic E-state index is -3.72. The van der Waals surface area contributed by atoms with Crippen molar-refractivity contribution in [3.8, 4) is 17.2 Å². The monoisotopic (exact) mass is 373 g/mol. The summed E-state index contributed by atoms with van der Waals surface area (Å²) >= 11 is 0. The normalized spacial score (nSPS) is 11.5. The Morgan fingerprint density at radius 1 is 1.12 bits per heavy atom. The summed E-state index contributed by atoms with van der Waals surface area (Å²) < 4.78 is 38.4. The van der Waals surface area contributed by atoms with Crippen molar-refractivity contribution >= 4 is 15.7 Å². The lowest BCUT2D eigenvalue weighted by atomic mass is 10.2. The van der Waals surface area contributed by atoms with Crippen molar-refractivity contribution in [3.63, 3.8) is 0 Å². The highest BCUT2D eigenvalue weighted by Gasteiger charge is 2.15. The molecule has 0 aliphatic carbocycles. The maximum absolute atomic E-state index is 12.6. The molecule has 0 unspecified atom stereocenters. The van der Waals surface area contributed by atoms with Crippen molar-refractivity contribution < 1.29 is 17.7 Å². The van der Waals surface area contributed by atoms with Crippen molar-refractivity contribution in [1.82, 2.24) is 10.1 Å². The average Bonchev–Trinajstić information content (AvgIpc) is 3.01. The quantitative estimate of drug-likeness (QED) is 0.709. The molecule has 0 radical (unpaired) electrons. The van der Waals surface area contributed by atoms with Crippen LogP contribution in [0, 0.1) is 6.92 Å². The molecular formula is C18H19N3O4S. The van der Waals surface area contributed by atoms with Crippen LogP contribution in [-0.4, -0.2) is 24.7 Å². The second-order valence-electron chi connectivity index (χ2n) is 5.97. The van der Waals surface area contributed by atoms with Crippen LogP contribution in [0.25, 0.3) is 11.5 Å². The van der Waals surface area contributed by atoms with E-state index in [-0.39, 0.29) is 11.0 Å². The molecule has 0 aliphatic heterocycles.